The molecule has 1 amide bonds. The van der Waals surface area contributed by atoms with Crippen molar-refractivity contribution in [3.8, 4) is 5.75 Å². The number of amides is 1. The molecular formula is C14H20N2O3. The summed E-state index contributed by atoms with van der Waals surface area (Å²) >= 11 is 0. The fourth-order valence-electron chi connectivity index (χ4n) is 2.29. The number of carbonyl (C=O) groups is 1. The number of piperazine rings is 1. The molecule has 0 radical (unpaired) electrons. The summed E-state index contributed by atoms with van der Waals surface area (Å²) in [4.78, 5) is 15.4. The highest BCUT2D eigenvalue weighted by molar-refractivity contribution is 5.67. The van der Waals surface area contributed by atoms with Crippen LogP contribution in [0.2, 0.25) is 0 Å². The number of benzene rings is 1. The molecule has 19 heavy (non-hydrogen) atoms. The van der Waals surface area contributed by atoms with Crippen molar-refractivity contribution in [2.24, 2.45) is 0 Å². The zero-order chi connectivity index (χ0) is 13.7. The zero-order valence-corrected chi connectivity index (χ0v) is 11.5. The topological polar surface area (TPSA) is 42.0 Å². The first-order chi connectivity index (χ1) is 9.24. The quantitative estimate of drug-likeness (QED) is 0.831. The predicted molar refractivity (Wildman–Crippen MR) is 72.2 cm³/mol. The van der Waals surface area contributed by atoms with Crippen LogP contribution in [-0.4, -0.2) is 56.3 Å². The van der Waals surface area contributed by atoms with Crippen molar-refractivity contribution in [1.29, 1.82) is 0 Å². The number of hydrogen-bond donors (Lipinski definition) is 0. The van der Waals surface area contributed by atoms with Gasteiger partial charge in [0.25, 0.3) is 0 Å². The van der Waals surface area contributed by atoms with E-state index in [1.165, 1.54) is 12.7 Å². The second kappa shape index (κ2) is 6.43. The molecule has 1 aromatic carbocycles. The molecule has 0 N–H and O–H groups in total. The zero-order valence-electron chi connectivity index (χ0n) is 11.5. The van der Waals surface area contributed by atoms with Crippen LogP contribution < -0.4 is 4.74 Å². The second-order valence-electron chi connectivity index (χ2n) is 4.55. The Morgan fingerprint density at radius 1 is 1.16 bits per heavy atom. The molecule has 104 valence electrons. The van der Waals surface area contributed by atoms with E-state index in [2.05, 4.69) is 11.0 Å². The number of nitrogens with zero attached hydrogens (tertiary/aromatic N) is 2. The summed E-state index contributed by atoms with van der Waals surface area (Å²) in [6, 6.07) is 8.03. The van der Waals surface area contributed by atoms with E-state index in [1.807, 2.05) is 18.2 Å². The van der Waals surface area contributed by atoms with Crippen molar-refractivity contribution in [1.82, 2.24) is 9.80 Å². The molecule has 0 unspecified atom stereocenters. The Hall–Kier alpha value is -1.75. The maximum absolute atomic E-state index is 11.4. The van der Waals surface area contributed by atoms with Gasteiger partial charge in [0.1, 0.15) is 5.75 Å². The van der Waals surface area contributed by atoms with E-state index in [1.54, 1.807) is 12.0 Å². The SMILES string of the molecule is COC(=O)N1CCN(Cc2ccccc2OC)CC1. The van der Waals surface area contributed by atoms with Gasteiger partial charge in [0.15, 0.2) is 0 Å². The van der Waals surface area contributed by atoms with E-state index in [0.717, 1.165) is 25.4 Å². The van der Waals surface area contributed by atoms with Gasteiger partial charge in [-0.2, -0.15) is 0 Å². The average Bonchev–Trinajstić information content (AvgIpc) is 2.48. The Labute approximate surface area is 113 Å². The van der Waals surface area contributed by atoms with Crippen molar-refractivity contribution in [2.75, 3.05) is 40.4 Å². The summed E-state index contributed by atoms with van der Waals surface area (Å²) in [7, 11) is 3.11. The maximum atomic E-state index is 11.4. The van der Waals surface area contributed by atoms with Gasteiger partial charge in [-0.15, -0.1) is 0 Å². The molecule has 1 aliphatic rings. The van der Waals surface area contributed by atoms with Gasteiger partial charge < -0.3 is 14.4 Å². The van der Waals surface area contributed by atoms with Crippen molar-refractivity contribution in [2.45, 2.75) is 6.54 Å². The van der Waals surface area contributed by atoms with E-state index in [9.17, 15) is 4.79 Å². The molecule has 1 aromatic rings. The van der Waals surface area contributed by atoms with Crippen molar-refractivity contribution in [3.63, 3.8) is 0 Å². The number of rotatable bonds is 3. The third-order valence-corrected chi connectivity index (χ3v) is 3.39. The molecule has 5 heteroatoms. The lowest BCUT2D eigenvalue weighted by molar-refractivity contribution is 0.0886. The Balaban J connectivity index is 1.90. The minimum absolute atomic E-state index is 0.239. The minimum Gasteiger partial charge on any atom is -0.496 e. The standard InChI is InChI=1S/C14H20N2O3/c1-18-13-6-4-3-5-12(13)11-15-7-9-16(10-8-15)14(17)19-2/h3-6H,7-11H2,1-2H3. The molecule has 0 atom stereocenters. The number of ether oxygens (including phenoxy) is 2. The average molecular weight is 264 g/mol. The van der Waals surface area contributed by atoms with Gasteiger partial charge in [-0.3, -0.25) is 4.90 Å². The lowest BCUT2D eigenvalue weighted by Crippen LogP contribution is -2.48. The fourth-order valence-corrected chi connectivity index (χ4v) is 2.29. The second-order valence-corrected chi connectivity index (χ2v) is 4.55. The van der Waals surface area contributed by atoms with E-state index < -0.39 is 0 Å². The molecule has 2 rings (SSSR count). The largest absolute Gasteiger partial charge is 0.496 e. The lowest BCUT2D eigenvalue weighted by Gasteiger charge is -2.33. The summed E-state index contributed by atoms with van der Waals surface area (Å²) in [5, 5.41) is 0. The predicted octanol–water partition coefficient (Wildman–Crippen LogP) is 1.58. The number of methoxy groups -OCH3 is 2. The fraction of sp³-hybridized carbons (Fsp3) is 0.500. The van der Waals surface area contributed by atoms with Crippen molar-refractivity contribution >= 4 is 6.09 Å². The lowest BCUT2D eigenvalue weighted by atomic mass is 10.1. The number of para-hydroxylation sites is 1. The molecule has 5 nitrogen and oxygen atoms in total. The highest BCUT2D eigenvalue weighted by Crippen LogP contribution is 2.19. The van der Waals surface area contributed by atoms with E-state index >= 15 is 0 Å². The van der Waals surface area contributed by atoms with Crippen LogP contribution in [0, 0.1) is 0 Å². The van der Waals surface area contributed by atoms with Crippen molar-refractivity contribution < 1.29 is 14.3 Å². The highest BCUT2D eigenvalue weighted by Gasteiger charge is 2.21. The summed E-state index contributed by atoms with van der Waals surface area (Å²) in [5.74, 6) is 0.915. The van der Waals surface area contributed by atoms with Crippen LogP contribution in [-0.2, 0) is 11.3 Å². The molecule has 0 saturated carbocycles. The summed E-state index contributed by atoms with van der Waals surface area (Å²) in [6.45, 7) is 3.98. The van der Waals surface area contributed by atoms with Crippen molar-refractivity contribution in [3.05, 3.63) is 29.8 Å². The first-order valence-electron chi connectivity index (χ1n) is 6.41. The van der Waals surface area contributed by atoms with E-state index in [-0.39, 0.29) is 6.09 Å². The smallest absolute Gasteiger partial charge is 0.409 e. The molecular weight excluding hydrogens is 244 g/mol. The Morgan fingerprint density at radius 2 is 1.84 bits per heavy atom. The summed E-state index contributed by atoms with van der Waals surface area (Å²) in [6.07, 6.45) is -0.239. The van der Waals surface area contributed by atoms with Crippen LogP contribution >= 0.6 is 0 Å². The highest BCUT2D eigenvalue weighted by atomic mass is 16.5. The van der Waals surface area contributed by atoms with E-state index in [4.69, 9.17) is 9.47 Å². The molecule has 0 aromatic heterocycles. The van der Waals surface area contributed by atoms with Crippen LogP contribution in [0.5, 0.6) is 5.75 Å². The van der Waals surface area contributed by atoms with Gasteiger partial charge in [0, 0.05) is 38.3 Å². The van der Waals surface area contributed by atoms with Gasteiger partial charge in [-0.05, 0) is 6.07 Å². The number of hydrogen-bond acceptors (Lipinski definition) is 4. The van der Waals surface area contributed by atoms with Gasteiger partial charge >= 0.3 is 6.09 Å². The first kappa shape index (κ1) is 13.7. The first-order valence-corrected chi connectivity index (χ1v) is 6.41. The minimum atomic E-state index is -0.239. The van der Waals surface area contributed by atoms with Crippen LogP contribution in [0.3, 0.4) is 0 Å². The monoisotopic (exact) mass is 264 g/mol. The van der Waals surface area contributed by atoms with Crippen LogP contribution in [0.15, 0.2) is 24.3 Å². The molecule has 1 saturated heterocycles. The number of carbonyl (C=O) groups excluding carboxylic acids is 1. The van der Waals surface area contributed by atoms with E-state index in [0.29, 0.717) is 13.1 Å². The third-order valence-electron chi connectivity index (χ3n) is 3.39. The Bertz CT molecular complexity index is 428. The maximum Gasteiger partial charge on any atom is 0.409 e. The molecule has 0 aliphatic carbocycles. The Morgan fingerprint density at radius 3 is 2.47 bits per heavy atom. The third kappa shape index (κ3) is 3.38. The molecule has 0 bridgehead atoms. The van der Waals surface area contributed by atoms with Gasteiger partial charge in [-0.25, -0.2) is 4.79 Å². The normalized spacial score (nSPS) is 16.2. The van der Waals surface area contributed by atoms with Crippen LogP contribution in [0.25, 0.3) is 0 Å². The Kier molecular flexibility index (Phi) is 4.63. The van der Waals surface area contributed by atoms with Gasteiger partial charge in [0.05, 0.1) is 14.2 Å². The molecule has 1 fully saturated rings. The molecule has 1 aliphatic heterocycles. The van der Waals surface area contributed by atoms with Gasteiger partial charge in [0.2, 0.25) is 0 Å². The summed E-state index contributed by atoms with van der Waals surface area (Å²) in [5.41, 5.74) is 1.18. The van der Waals surface area contributed by atoms with Crippen LogP contribution in [0.1, 0.15) is 5.56 Å². The van der Waals surface area contributed by atoms with Crippen LogP contribution in [0.4, 0.5) is 4.79 Å². The van der Waals surface area contributed by atoms with Gasteiger partial charge in [-0.1, -0.05) is 18.2 Å². The molecule has 1 heterocycles. The molecule has 0 spiro atoms. The summed E-state index contributed by atoms with van der Waals surface area (Å²) < 4.78 is 10.1.